The van der Waals surface area contributed by atoms with E-state index >= 15 is 0 Å². The number of nitrogens with zero attached hydrogens (tertiary/aromatic N) is 1. The van der Waals surface area contributed by atoms with Crippen molar-refractivity contribution >= 4 is 33.4 Å². The Balaban J connectivity index is 2.08. The number of unbranched alkanes of at least 4 members (excludes halogenated alkanes) is 1. The molecule has 0 aliphatic rings. The highest BCUT2D eigenvalue weighted by Gasteiger charge is 2.22. The number of carbonyl (C=O) groups excluding carboxylic acids is 2. The molecule has 0 saturated heterocycles. The Bertz CT molecular complexity index is 985. The van der Waals surface area contributed by atoms with Crippen LogP contribution >= 0.6 is 11.6 Å². The second-order valence-electron chi connectivity index (χ2n) is 6.73. The van der Waals surface area contributed by atoms with Crippen LogP contribution in [0, 0.1) is 0 Å². The minimum atomic E-state index is -3.73. The normalized spacial score (nSPS) is 11.5. The van der Waals surface area contributed by atoms with E-state index in [1.807, 2.05) is 12.1 Å². The van der Waals surface area contributed by atoms with E-state index in [2.05, 4.69) is 6.92 Å². The zero-order valence-corrected chi connectivity index (χ0v) is 18.2. The molecule has 0 saturated carbocycles. The third-order valence-electron chi connectivity index (χ3n) is 4.37. The number of benzene rings is 2. The fourth-order valence-corrected chi connectivity index (χ4v) is 3.69. The van der Waals surface area contributed by atoms with Gasteiger partial charge in [0.2, 0.25) is 10.0 Å². The number of esters is 1. The quantitative estimate of drug-likeness (QED) is 0.438. The number of aryl methyl sites for hydroxylation is 1. The summed E-state index contributed by atoms with van der Waals surface area (Å²) in [6.07, 6.45) is 3.12. The lowest BCUT2D eigenvalue weighted by Gasteiger charge is -2.13. The van der Waals surface area contributed by atoms with Crippen molar-refractivity contribution in [2.24, 2.45) is 0 Å². The number of ketones is 1. The minimum Gasteiger partial charge on any atom is -0.454 e. The molecule has 2 rings (SSSR count). The number of rotatable bonds is 9. The summed E-state index contributed by atoms with van der Waals surface area (Å²) in [5.74, 6) is -1.22. The molecule has 6 nitrogen and oxygen atoms in total. The van der Waals surface area contributed by atoms with Gasteiger partial charge >= 0.3 is 5.97 Å². The summed E-state index contributed by atoms with van der Waals surface area (Å²) in [6.45, 7) is 1.65. The van der Waals surface area contributed by atoms with Crippen LogP contribution in [0.15, 0.2) is 47.4 Å². The van der Waals surface area contributed by atoms with Crippen molar-refractivity contribution in [3.63, 3.8) is 0 Å². The molecular weight excluding hydrogens is 414 g/mol. The molecule has 0 unspecified atom stereocenters. The average molecular weight is 438 g/mol. The molecule has 0 radical (unpaired) electrons. The first-order valence-electron chi connectivity index (χ1n) is 9.18. The maximum absolute atomic E-state index is 12.4. The van der Waals surface area contributed by atoms with Crippen LogP contribution in [0.2, 0.25) is 5.02 Å². The molecule has 0 atom stereocenters. The van der Waals surface area contributed by atoms with Crippen molar-refractivity contribution in [1.29, 1.82) is 0 Å². The maximum Gasteiger partial charge on any atom is 0.340 e. The van der Waals surface area contributed by atoms with Crippen LogP contribution in [-0.4, -0.2) is 45.2 Å². The number of Topliss-reactive ketones (excluding diaryl/α,β-unsaturated/α-hetero) is 1. The number of halogens is 1. The molecule has 0 aliphatic carbocycles. The zero-order valence-electron chi connectivity index (χ0n) is 16.6. The van der Waals surface area contributed by atoms with E-state index < -0.39 is 22.6 Å². The van der Waals surface area contributed by atoms with Gasteiger partial charge in [0.25, 0.3) is 0 Å². The van der Waals surface area contributed by atoms with Crippen molar-refractivity contribution in [2.45, 2.75) is 31.1 Å². The number of ether oxygens (including phenoxy) is 1. The molecule has 0 spiro atoms. The second kappa shape index (κ2) is 10.0. The molecule has 0 bridgehead atoms. The molecular formula is C21H24ClNO5S. The standard InChI is InChI=1S/C21H24ClNO5S/c1-4-5-6-15-7-9-16(10-8-15)20(24)14-28-21(25)18-13-17(11-12-19(18)22)29(26,27)23(2)3/h7-13H,4-6,14H2,1-3H3. The molecule has 0 heterocycles. The van der Waals surface area contributed by atoms with Crippen LogP contribution in [-0.2, 0) is 21.2 Å². The van der Waals surface area contributed by atoms with Gasteiger partial charge in [0.05, 0.1) is 15.5 Å². The van der Waals surface area contributed by atoms with E-state index in [0.717, 1.165) is 35.2 Å². The summed E-state index contributed by atoms with van der Waals surface area (Å²) >= 11 is 6.02. The van der Waals surface area contributed by atoms with Gasteiger partial charge in [-0.15, -0.1) is 0 Å². The molecule has 0 aromatic heterocycles. The Hall–Kier alpha value is -2.22. The Morgan fingerprint density at radius 1 is 1.07 bits per heavy atom. The van der Waals surface area contributed by atoms with Crippen LogP contribution in [0.5, 0.6) is 0 Å². The van der Waals surface area contributed by atoms with Crippen LogP contribution in [0.1, 0.15) is 46.0 Å². The van der Waals surface area contributed by atoms with Crippen molar-refractivity contribution < 1.29 is 22.7 Å². The number of hydrogen-bond donors (Lipinski definition) is 0. The van der Waals surface area contributed by atoms with Gasteiger partial charge in [0.1, 0.15) is 0 Å². The van der Waals surface area contributed by atoms with Crippen LogP contribution in [0.4, 0.5) is 0 Å². The van der Waals surface area contributed by atoms with Crippen LogP contribution < -0.4 is 0 Å². The molecule has 0 fully saturated rings. The molecule has 2 aromatic rings. The van der Waals surface area contributed by atoms with E-state index in [4.69, 9.17) is 16.3 Å². The van der Waals surface area contributed by atoms with Gasteiger partial charge < -0.3 is 4.74 Å². The third-order valence-corrected chi connectivity index (χ3v) is 6.51. The van der Waals surface area contributed by atoms with Crippen LogP contribution in [0.25, 0.3) is 0 Å². The lowest BCUT2D eigenvalue weighted by Crippen LogP contribution is -2.22. The number of hydrogen-bond acceptors (Lipinski definition) is 5. The fourth-order valence-electron chi connectivity index (χ4n) is 2.56. The maximum atomic E-state index is 12.4. The molecule has 0 aliphatic heterocycles. The Labute approximate surface area is 176 Å². The van der Waals surface area contributed by atoms with E-state index in [9.17, 15) is 18.0 Å². The smallest absolute Gasteiger partial charge is 0.340 e. The lowest BCUT2D eigenvalue weighted by atomic mass is 10.0. The first-order valence-corrected chi connectivity index (χ1v) is 11.0. The van der Waals surface area contributed by atoms with Crippen molar-refractivity contribution in [3.05, 3.63) is 64.2 Å². The average Bonchev–Trinajstić information content (AvgIpc) is 2.70. The largest absolute Gasteiger partial charge is 0.454 e. The van der Waals surface area contributed by atoms with Crippen LogP contribution in [0.3, 0.4) is 0 Å². The third kappa shape index (κ3) is 5.88. The van der Waals surface area contributed by atoms with Gasteiger partial charge in [-0.05, 0) is 36.6 Å². The minimum absolute atomic E-state index is 0.0421. The summed E-state index contributed by atoms with van der Waals surface area (Å²) in [6, 6.07) is 10.9. The Kier molecular flexibility index (Phi) is 7.96. The molecule has 29 heavy (non-hydrogen) atoms. The summed E-state index contributed by atoms with van der Waals surface area (Å²) in [5.41, 5.74) is 1.47. The Morgan fingerprint density at radius 3 is 2.31 bits per heavy atom. The van der Waals surface area contributed by atoms with Crippen molar-refractivity contribution in [3.8, 4) is 0 Å². The predicted octanol–water partition coefficient (Wildman–Crippen LogP) is 3.97. The first kappa shape index (κ1) is 23.1. The van der Waals surface area contributed by atoms with Gasteiger partial charge in [0.15, 0.2) is 12.4 Å². The molecule has 8 heteroatoms. The highest BCUT2D eigenvalue weighted by Crippen LogP contribution is 2.23. The van der Waals surface area contributed by atoms with Gasteiger partial charge in [0, 0.05) is 19.7 Å². The SMILES string of the molecule is CCCCc1ccc(C(=O)COC(=O)c2cc(S(=O)(=O)N(C)C)ccc2Cl)cc1. The summed E-state index contributed by atoms with van der Waals surface area (Å²) in [5, 5.41) is 0.0421. The monoisotopic (exact) mass is 437 g/mol. The zero-order chi connectivity index (χ0) is 21.6. The highest BCUT2D eigenvalue weighted by atomic mass is 35.5. The summed E-state index contributed by atoms with van der Waals surface area (Å²) in [4.78, 5) is 24.6. The van der Waals surface area contributed by atoms with E-state index in [0.29, 0.717) is 5.56 Å². The summed E-state index contributed by atoms with van der Waals surface area (Å²) in [7, 11) is -0.969. The summed E-state index contributed by atoms with van der Waals surface area (Å²) < 4.78 is 30.6. The molecule has 156 valence electrons. The second-order valence-corrected chi connectivity index (χ2v) is 9.29. The molecule has 0 amide bonds. The predicted molar refractivity (Wildman–Crippen MR) is 112 cm³/mol. The van der Waals surface area contributed by atoms with E-state index in [-0.39, 0.29) is 21.3 Å². The highest BCUT2D eigenvalue weighted by molar-refractivity contribution is 7.89. The topological polar surface area (TPSA) is 80.8 Å². The van der Waals surface area contributed by atoms with Crippen molar-refractivity contribution in [1.82, 2.24) is 4.31 Å². The van der Waals surface area contributed by atoms with Gasteiger partial charge in [-0.1, -0.05) is 49.2 Å². The van der Waals surface area contributed by atoms with E-state index in [1.54, 1.807) is 12.1 Å². The first-order chi connectivity index (χ1) is 13.7. The van der Waals surface area contributed by atoms with Gasteiger partial charge in [-0.2, -0.15) is 0 Å². The van der Waals surface area contributed by atoms with E-state index in [1.165, 1.54) is 26.2 Å². The van der Waals surface area contributed by atoms with Crippen molar-refractivity contribution in [2.75, 3.05) is 20.7 Å². The lowest BCUT2D eigenvalue weighted by molar-refractivity contribution is 0.0474. The number of sulfonamides is 1. The molecule has 2 aromatic carbocycles. The molecule has 0 N–H and O–H groups in total. The van der Waals surface area contributed by atoms with Gasteiger partial charge in [-0.25, -0.2) is 17.5 Å². The fraction of sp³-hybridized carbons (Fsp3) is 0.333. The van der Waals surface area contributed by atoms with Gasteiger partial charge in [-0.3, -0.25) is 4.79 Å². The Morgan fingerprint density at radius 2 is 1.72 bits per heavy atom. The number of carbonyl (C=O) groups is 2.